The van der Waals surface area contributed by atoms with Crippen LogP contribution in [0.15, 0.2) is 0 Å². The first-order chi connectivity index (χ1) is 7.51. The molecule has 102 valence electrons. The molecular weight excluding hydrogens is 232 g/mol. The van der Waals surface area contributed by atoms with Gasteiger partial charge in [0.2, 0.25) is 0 Å². The highest BCUT2D eigenvalue weighted by Gasteiger charge is 2.40. The molecule has 4 heteroatoms. The van der Waals surface area contributed by atoms with Crippen molar-refractivity contribution in [3.63, 3.8) is 0 Å². The van der Waals surface area contributed by atoms with E-state index in [1.165, 1.54) is 7.11 Å². The zero-order valence-electron chi connectivity index (χ0n) is 12.6. The Morgan fingerprint density at radius 1 is 1.24 bits per heavy atom. The molecule has 0 aliphatic carbocycles. The summed E-state index contributed by atoms with van der Waals surface area (Å²) < 4.78 is 11.0. The van der Waals surface area contributed by atoms with E-state index >= 15 is 0 Å². The normalized spacial score (nSPS) is 14.9. The van der Waals surface area contributed by atoms with E-state index in [0.29, 0.717) is 12.3 Å². The molecule has 1 unspecified atom stereocenters. The van der Waals surface area contributed by atoms with Crippen molar-refractivity contribution in [2.45, 2.75) is 65.3 Å². The average Bonchev–Trinajstić information content (AvgIpc) is 2.14. The second kappa shape index (κ2) is 6.00. The molecule has 3 nitrogen and oxygen atoms in total. The van der Waals surface area contributed by atoms with E-state index in [0.717, 1.165) is 0 Å². The molecule has 0 bridgehead atoms. The molecule has 0 radical (unpaired) electrons. The Hall–Kier alpha value is -0.353. The molecule has 0 rings (SSSR count). The maximum atomic E-state index is 11.4. The van der Waals surface area contributed by atoms with E-state index in [1.54, 1.807) is 0 Å². The molecule has 0 aliphatic rings. The Morgan fingerprint density at radius 2 is 1.71 bits per heavy atom. The molecule has 0 aromatic rings. The third-order valence-corrected chi connectivity index (χ3v) is 8.10. The molecule has 0 fully saturated rings. The highest BCUT2D eigenvalue weighted by atomic mass is 28.4. The van der Waals surface area contributed by atoms with Gasteiger partial charge >= 0.3 is 5.97 Å². The zero-order valence-corrected chi connectivity index (χ0v) is 13.6. The fraction of sp³-hybridized carbons (Fsp3) is 0.923. The van der Waals surface area contributed by atoms with Crippen molar-refractivity contribution in [2.24, 2.45) is 5.92 Å². The lowest BCUT2D eigenvalue weighted by atomic mass is 10.1. The number of rotatable bonds is 5. The van der Waals surface area contributed by atoms with Crippen LogP contribution in [0.2, 0.25) is 18.1 Å². The second-order valence-corrected chi connectivity index (χ2v) is 11.2. The van der Waals surface area contributed by atoms with Crippen LogP contribution >= 0.6 is 0 Å². The maximum absolute atomic E-state index is 11.4. The molecule has 1 atom stereocenters. The van der Waals surface area contributed by atoms with Gasteiger partial charge in [0.05, 0.1) is 19.6 Å². The first kappa shape index (κ1) is 16.6. The molecular formula is C13H28O3Si. The van der Waals surface area contributed by atoms with Crippen LogP contribution in [0.4, 0.5) is 0 Å². The third-order valence-electron chi connectivity index (χ3n) is 3.59. The molecule has 0 spiro atoms. The van der Waals surface area contributed by atoms with Crippen molar-refractivity contribution in [1.82, 2.24) is 0 Å². The van der Waals surface area contributed by atoms with Gasteiger partial charge in [0, 0.05) is 0 Å². The summed E-state index contributed by atoms with van der Waals surface area (Å²) in [5.74, 6) is 0.130. The van der Waals surface area contributed by atoms with Crippen LogP contribution in [-0.4, -0.2) is 27.5 Å². The average molecular weight is 260 g/mol. The van der Waals surface area contributed by atoms with Crippen LogP contribution in [0.1, 0.15) is 41.0 Å². The SMILES string of the molecule is COC(=O)CC(O[Si](C)(C)C(C)(C)C)C(C)C. The summed E-state index contributed by atoms with van der Waals surface area (Å²) in [5.41, 5.74) is 0. The summed E-state index contributed by atoms with van der Waals surface area (Å²) in [6, 6.07) is 0. The fourth-order valence-electron chi connectivity index (χ4n) is 1.22. The lowest BCUT2D eigenvalue weighted by molar-refractivity contribution is -0.143. The van der Waals surface area contributed by atoms with Crippen molar-refractivity contribution in [3.8, 4) is 0 Å². The molecule has 17 heavy (non-hydrogen) atoms. The third kappa shape index (κ3) is 5.21. The number of ether oxygens (including phenoxy) is 1. The van der Waals surface area contributed by atoms with Crippen LogP contribution in [0, 0.1) is 5.92 Å². The zero-order chi connectivity index (χ0) is 13.9. The lowest BCUT2D eigenvalue weighted by Gasteiger charge is -2.40. The van der Waals surface area contributed by atoms with E-state index in [9.17, 15) is 4.79 Å². The topological polar surface area (TPSA) is 35.5 Å². The summed E-state index contributed by atoms with van der Waals surface area (Å²) in [5, 5.41) is 0.163. The smallest absolute Gasteiger partial charge is 0.308 e. The van der Waals surface area contributed by atoms with Crippen molar-refractivity contribution < 1.29 is 14.0 Å². The van der Waals surface area contributed by atoms with Crippen molar-refractivity contribution >= 4 is 14.3 Å². The summed E-state index contributed by atoms with van der Waals surface area (Å²) in [6.45, 7) is 15.2. The summed E-state index contributed by atoms with van der Waals surface area (Å²) in [6.07, 6.45) is 0.309. The predicted molar refractivity (Wildman–Crippen MR) is 73.5 cm³/mol. The van der Waals surface area contributed by atoms with Gasteiger partial charge in [-0.2, -0.15) is 0 Å². The van der Waals surface area contributed by atoms with Gasteiger partial charge in [0.1, 0.15) is 0 Å². The van der Waals surface area contributed by atoms with Gasteiger partial charge in [0.15, 0.2) is 8.32 Å². The maximum Gasteiger partial charge on any atom is 0.308 e. The number of esters is 1. The number of hydrogen-bond acceptors (Lipinski definition) is 3. The van der Waals surface area contributed by atoms with Crippen LogP contribution in [0.3, 0.4) is 0 Å². The van der Waals surface area contributed by atoms with Crippen LogP contribution in [-0.2, 0) is 14.0 Å². The minimum absolute atomic E-state index is 0.0386. The lowest BCUT2D eigenvalue weighted by Crippen LogP contribution is -2.45. The van der Waals surface area contributed by atoms with E-state index in [2.05, 4.69) is 47.7 Å². The van der Waals surface area contributed by atoms with Crippen molar-refractivity contribution in [3.05, 3.63) is 0 Å². The van der Waals surface area contributed by atoms with Crippen LogP contribution in [0.25, 0.3) is 0 Å². The number of carbonyl (C=O) groups is 1. The van der Waals surface area contributed by atoms with Gasteiger partial charge in [0.25, 0.3) is 0 Å². The Balaban J connectivity index is 4.72. The first-order valence-electron chi connectivity index (χ1n) is 6.26. The Bertz CT molecular complexity index is 254. The largest absolute Gasteiger partial charge is 0.469 e. The highest BCUT2D eigenvalue weighted by Crippen LogP contribution is 2.38. The van der Waals surface area contributed by atoms with E-state index in [1.807, 2.05) is 0 Å². The molecule has 0 N–H and O–H groups in total. The molecule has 0 amide bonds. The number of carbonyl (C=O) groups excluding carboxylic acids is 1. The van der Waals surface area contributed by atoms with Crippen molar-refractivity contribution in [1.29, 1.82) is 0 Å². The van der Waals surface area contributed by atoms with E-state index in [4.69, 9.17) is 9.16 Å². The Labute approximate surface area is 107 Å². The Kier molecular flexibility index (Phi) is 5.88. The molecule has 0 saturated heterocycles. The fourth-order valence-corrected chi connectivity index (χ4v) is 2.68. The predicted octanol–water partition coefficient (Wildman–Crippen LogP) is 3.60. The van der Waals surface area contributed by atoms with Crippen LogP contribution < -0.4 is 0 Å². The monoisotopic (exact) mass is 260 g/mol. The summed E-state index contributed by atoms with van der Waals surface area (Å²) in [7, 11) is -0.395. The summed E-state index contributed by atoms with van der Waals surface area (Å²) >= 11 is 0. The van der Waals surface area contributed by atoms with Gasteiger partial charge in [-0.1, -0.05) is 34.6 Å². The van der Waals surface area contributed by atoms with E-state index < -0.39 is 8.32 Å². The Morgan fingerprint density at radius 3 is 2.00 bits per heavy atom. The summed E-state index contributed by atoms with van der Waals surface area (Å²) in [4.78, 5) is 11.4. The molecule has 0 aromatic heterocycles. The molecule has 0 aromatic carbocycles. The first-order valence-corrected chi connectivity index (χ1v) is 9.16. The molecule has 0 saturated carbocycles. The van der Waals surface area contributed by atoms with Gasteiger partial charge in [-0.15, -0.1) is 0 Å². The second-order valence-electron chi connectivity index (χ2n) is 6.44. The van der Waals surface area contributed by atoms with Gasteiger partial charge in [-0.3, -0.25) is 4.79 Å². The quantitative estimate of drug-likeness (QED) is 0.560. The molecule has 0 heterocycles. The van der Waals surface area contributed by atoms with Gasteiger partial charge in [-0.25, -0.2) is 0 Å². The minimum atomic E-state index is -1.82. The standard InChI is InChI=1S/C13H28O3Si/c1-10(2)11(9-12(14)15-6)16-17(7,8)13(3,4)5/h10-11H,9H2,1-8H3. The van der Waals surface area contributed by atoms with E-state index in [-0.39, 0.29) is 17.1 Å². The van der Waals surface area contributed by atoms with Crippen LogP contribution in [0.5, 0.6) is 0 Å². The van der Waals surface area contributed by atoms with Crippen molar-refractivity contribution in [2.75, 3.05) is 7.11 Å². The van der Waals surface area contributed by atoms with Gasteiger partial charge < -0.3 is 9.16 Å². The minimum Gasteiger partial charge on any atom is -0.469 e. The number of methoxy groups -OCH3 is 1. The van der Waals surface area contributed by atoms with Gasteiger partial charge in [-0.05, 0) is 24.1 Å². The highest BCUT2D eigenvalue weighted by molar-refractivity contribution is 6.74. The molecule has 0 aliphatic heterocycles. The number of hydrogen-bond donors (Lipinski definition) is 0.